The van der Waals surface area contributed by atoms with E-state index < -0.39 is 29.0 Å². The Hall–Kier alpha value is -1.25. The first kappa shape index (κ1) is 14.8. The molecule has 1 rings (SSSR count). The second-order valence-electron chi connectivity index (χ2n) is 3.65. The molecule has 0 aliphatic carbocycles. The number of hydrogen-bond acceptors (Lipinski definition) is 4. The largest absolute Gasteiger partial charge is 0.379 e. The maximum absolute atomic E-state index is 12.9. The van der Waals surface area contributed by atoms with Crippen LogP contribution in [-0.4, -0.2) is 34.5 Å². The van der Waals surface area contributed by atoms with Gasteiger partial charge in [0.15, 0.2) is 0 Å². The van der Waals surface area contributed by atoms with Crippen LogP contribution in [0.4, 0.5) is 14.5 Å². The zero-order chi connectivity index (χ0) is 13.8. The molecule has 0 aromatic heterocycles. The molecule has 0 unspecified atom stereocenters. The van der Waals surface area contributed by atoms with Gasteiger partial charge in [-0.15, -0.1) is 0 Å². The Bertz CT molecular complexity index is 488. The van der Waals surface area contributed by atoms with Gasteiger partial charge in [-0.2, -0.15) is 0 Å². The number of halogens is 2. The molecule has 0 saturated heterocycles. The van der Waals surface area contributed by atoms with Gasteiger partial charge >= 0.3 is 0 Å². The summed E-state index contributed by atoms with van der Waals surface area (Å²) in [5.41, 5.74) is 5.29. The van der Waals surface area contributed by atoms with Gasteiger partial charge in [-0.1, -0.05) is 0 Å². The molecule has 0 saturated carbocycles. The zero-order valence-electron chi connectivity index (χ0n) is 9.78. The van der Waals surface area contributed by atoms with E-state index in [1.807, 2.05) is 0 Å². The van der Waals surface area contributed by atoms with Crippen molar-refractivity contribution in [3.63, 3.8) is 0 Å². The smallest absolute Gasteiger partial charge is 0.276 e. The maximum atomic E-state index is 12.9. The molecule has 5 nitrogen and oxygen atoms in total. The summed E-state index contributed by atoms with van der Waals surface area (Å²) in [6.07, 6.45) is 0. The lowest BCUT2D eigenvalue weighted by atomic mass is 10.3. The van der Waals surface area contributed by atoms with Crippen molar-refractivity contribution in [3.8, 4) is 0 Å². The molecule has 0 spiro atoms. The molecule has 0 radical (unpaired) electrons. The summed E-state index contributed by atoms with van der Waals surface area (Å²) in [5.74, 6) is -2.99. The Morgan fingerprint density at radius 3 is 2.28 bits per heavy atom. The van der Waals surface area contributed by atoms with Gasteiger partial charge in [0, 0.05) is 5.69 Å². The fraction of sp³-hybridized carbons (Fsp3) is 0.400. The van der Waals surface area contributed by atoms with Crippen molar-refractivity contribution in [2.24, 2.45) is 5.73 Å². The molecule has 4 N–H and O–H groups in total. The Labute approximate surface area is 104 Å². The first-order valence-corrected chi connectivity index (χ1v) is 6.64. The van der Waals surface area contributed by atoms with E-state index in [1.54, 1.807) is 0 Å². The van der Waals surface area contributed by atoms with Crippen LogP contribution in [0.1, 0.15) is 0 Å². The molecule has 0 fully saturated rings. The SMILES string of the molecule is CNS(=O)(=O)c1ccc(NCC(F)(F)CN)cc1. The van der Waals surface area contributed by atoms with Gasteiger partial charge < -0.3 is 11.1 Å². The fourth-order valence-electron chi connectivity index (χ4n) is 1.17. The molecule has 18 heavy (non-hydrogen) atoms. The first-order valence-electron chi connectivity index (χ1n) is 5.16. The lowest BCUT2D eigenvalue weighted by Gasteiger charge is -2.15. The highest BCUT2D eigenvalue weighted by Gasteiger charge is 2.26. The van der Waals surface area contributed by atoms with Gasteiger partial charge in [0.05, 0.1) is 18.0 Å². The monoisotopic (exact) mass is 279 g/mol. The van der Waals surface area contributed by atoms with Crippen molar-refractivity contribution < 1.29 is 17.2 Å². The van der Waals surface area contributed by atoms with Gasteiger partial charge in [-0.25, -0.2) is 21.9 Å². The average Bonchev–Trinajstić information content (AvgIpc) is 2.37. The van der Waals surface area contributed by atoms with Gasteiger partial charge in [0.1, 0.15) is 0 Å². The van der Waals surface area contributed by atoms with Crippen LogP contribution in [0.25, 0.3) is 0 Å². The third-order valence-electron chi connectivity index (χ3n) is 2.28. The minimum absolute atomic E-state index is 0.0705. The first-order chi connectivity index (χ1) is 8.30. The number of nitrogens with one attached hydrogen (secondary N) is 2. The fourth-order valence-corrected chi connectivity index (χ4v) is 1.90. The highest BCUT2D eigenvalue weighted by atomic mass is 32.2. The average molecular weight is 279 g/mol. The second-order valence-corrected chi connectivity index (χ2v) is 5.53. The summed E-state index contributed by atoms with van der Waals surface area (Å²) in [6.45, 7) is -1.34. The van der Waals surface area contributed by atoms with Crippen molar-refractivity contribution in [1.29, 1.82) is 0 Å². The number of anilines is 1. The lowest BCUT2D eigenvalue weighted by molar-refractivity contribution is 0.0254. The van der Waals surface area contributed by atoms with Crippen molar-refractivity contribution >= 4 is 15.7 Å². The molecule has 0 heterocycles. The van der Waals surface area contributed by atoms with Gasteiger partial charge in [-0.3, -0.25) is 0 Å². The van der Waals surface area contributed by atoms with Crippen LogP contribution < -0.4 is 15.8 Å². The molecular weight excluding hydrogens is 264 g/mol. The summed E-state index contributed by atoms with van der Waals surface area (Å²) in [6, 6.07) is 5.48. The zero-order valence-corrected chi connectivity index (χ0v) is 10.6. The van der Waals surface area contributed by atoms with Crippen LogP contribution in [-0.2, 0) is 10.0 Å². The molecule has 102 valence electrons. The minimum Gasteiger partial charge on any atom is -0.379 e. The highest BCUT2D eigenvalue weighted by Crippen LogP contribution is 2.16. The van der Waals surface area contributed by atoms with Gasteiger partial charge in [-0.05, 0) is 31.3 Å². The highest BCUT2D eigenvalue weighted by molar-refractivity contribution is 7.89. The van der Waals surface area contributed by atoms with E-state index in [9.17, 15) is 17.2 Å². The van der Waals surface area contributed by atoms with E-state index >= 15 is 0 Å². The molecule has 8 heteroatoms. The minimum atomic E-state index is -3.51. The van der Waals surface area contributed by atoms with Crippen LogP contribution in [0.3, 0.4) is 0 Å². The molecule has 0 aliphatic heterocycles. The van der Waals surface area contributed by atoms with Crippen LogP contribution in [0.2, 0.25) is 0 Å². The topological polar surface area (TPSA) is 84.2 Å². The van der Waals surface area contributed by atoms with Crippen molar-refractivity contribution in [2.75, 3.05) is 25.5 Å². The maximum Gasteiger partial charge on any atom is 0.276 e. The van der Waals surface area contributed by atoms with Crippen LogP contribution >= 0.6 is 0 Å². The Kier molecular flexibility index (Phi) is 4.60. The van der Waals surface area contributed by atoms with Gasteiger partial charge in [0.25, 0.3) is 5.92 Å². The molecule has 0 bridgehead atoms. The Morgan fingerprint density at radius 2 is 1.83 bits per heavy atom. The summed E-state index contributed by atoms with van der Waals surface area (Å²) in [5, 5.41) is 2.49. The second kappa shape index (κ2) is 5.59. The lowest BCUT2D eigenvalue weighted by Crippen LogP contribution is -2.35. The summed E-state index contributed by atoms with van der Waals surface area (Å²) < 4.78 is 50.7. The van der Waals surface area contributed by atoms with Crippen molar-refractivity contribution in [3.05, 3.63) is 24.3 Å². The van der Waals surface area contributed by atoms with Crippen LogP contribution in [0.15, 0.2) is 29.2 Å². The van der Waals surface area contributed by atoms with E-state index in [1.165, 1.54) is 31.3 Å². The van der Waals surface area contributed by atoms with E-state index in [0.29, 0.717) is 5.69 Å². The van der Waals surface area contributed by atoms with E-state index in [4.69, 9.17) is 5.73 Å². The number of alkyl halides is 2. The number of nitrogens with two attached hydrogens (primary N) is 1. The van der Waals surface area contributed by atoms with Crippen molar-refractivity contribution in [1.82, 2.24) is 4.72 Å². The number of hydrogen-bond donors (Lipinski definition) is 3. The molecular formula is C10H15F2N3O2S. The van der Waals surface area contributed by atoms with Crippen LogP contribution in [0.5, 0.6) is 0 Å². The Balaban J connectivity index is 2.73. The van der Waals surface area contributed by atoms with E-state index in [2.05, 4.69) is 10.0 Å². The standard InChI is InChI=1S/C10H15F2N3O2S/c1-14-18(16,17)9-4-2-8(3-5-9)15-7-10(11,12)6-13/h2-5,14-15H,6-7,13H2,1H3. The Morgan fingerprint density at radius 1 is 1.28 bits per heavy atom. The molecule has 0 atom stereocenters. The third-order valence-corrected chi connectivity index (χ3v) is 3.71. The van der Waals surface area contributed by atoms with Crippen molar-refractivity contribution in [2.45, 2.75) is 10.8 Å². The summed E-state index contributed by atoms with van der Waals surface area (Å²) in [4.78, 5) is 0.0705. The van der Waals surface area contributed by atoms with Gasteiger partial charge in [0.2, 0.25) is 10.0 Å². The predicted octanol–water partition coefficient (Wildman–Crippen LogP) is 0.601. The number of sulfonamides is 1. The third kappa shape index (κ3) is 3.90. The van der Waals surface area contributed by atoms with Crippen LogP contribution in [0, 0.1) is 0 Å². The molecule has 1 aromatic carbocycles. The molecule has 0 aliphatic rings. The summed E-state index contributed by atoms with van der Waals surface area (Å²) >= 11 is 0. The molecule has 0 amide bonds. The number of rotatable bonds is 6. The quantitative estimate of drug-likeness (QED) is 0.712. The number of benzene rings is 1. The van der Waals surface area contributed by atoms with E-state index in [-0.39, 0.29) is 4.90 Å². The predicted molar refractivity (Wildman–Crippen MR) is 65.2 cm³/mol. The molecule has 1 aromatic rings. The van der Waals surface area contributed by atoms with E-state index in [0.717, 1.165) is 0 Å². The summed E-state index contributed by atoms with van der Waals surface area (Å²) in [7, 11) is -2.21. The normalized spacial score (nSPS) is 12.4.